The van der Waals surface area contributed by atoms with E-state index < -0.39 is 32.5 Å². The maximum absolute atomic E-state index is 14.4. The summed E-state index contributed by atoms with van der Waals surface area (Å²) in [6.45, 7) is 1.29. The number of hydrogen-bond donors (Lipinski definition) is 2. The van der Waals surface area contributed by atoms with E-state index in [0.29, 0.717) is 0 Å². The third-order valence-electron chi connectivity index (χ3n) is 3.65. The van der Waals surface area contributed by atoms with Crippen molar-refractivity contribution in [3.05, 3.63) is 62.3 Å². The Hall–Kier alpha value is -2.18. The number of aromatic nitrogens is 2. The Morgan fingerprint density at radius 1 is 1.18 bits per heavy atom. The van der Waals surface area contributed by atoms with Gasteiger partial charge in [0, 0.05) is 23.6 Å². The number of halogens is 4. The van der Waals surface area contributed by atoms with E-state index in [-0.39, 0.29) is 33.8 Å². The minimum Gasteiger partial charge on any atom is -0.379 e. The number of hydrogen-bond acceptors (Lipinski definition) is 6. The first kappa shape index (κ1) is 20.6. The molecule has 1 aromatic carbocycles. The lowest BCUT2D eigenvalue weighted by molar-refractivity contribution is 0.555. The van der Waals surface area contributed by atoms with Crippen molar-refractivity contribution in [3.8, 4) is 0 Å². The molecular formula is C16H12BrF3N4O2S2. The second-order valence-corrected chi connectivity index (χ2v) is 8.67. The number of nitrogens with one attached hydrogen (secondary N) is 2. The Kier molecular flexibility index (Phi) is 5.91. The maximum Gasteiger partial charge on any atom is 0.283 e. The zero-order valence-corrected chi connectivity index (χ0v) is 17.4. The largest absolute Gasteiger partial charge is 0.379 e. The van der Waals surface area contributed by atoms with Crippen LogP contribution < -0.4 is 10.0 Å². The van der Waals surface area contributed by atoms with Gasteiger partial charge in [0.2, 0.25) is 5.03 Å². The number of benzene rings is 1. The van der Waals surface area contributed by atoms with Gasteiger partial charge < -0.3 is 5.32 Å². The van der Waals surface area contributed by atoms with E-state index in [1.165, 1.54) is 29.2 Å². The third kappa shape index (κ3) is 4.28. The zero-order chi connectivity index (χ0) is 20.5. The van der Waals surface area contributed by atoms with Crippen LogP contribution in [-0.4, -0.2) is 18.4 Å². The van der Waals surface area contributed by atoms with Crippen LogP contribution in [0.15, 0.2) is 38.6 Å². The summed E-state index contributed by atoms with van der Waals surface area (Å²) in [5.41, 5.74) is 1.72. The standard InChI is InChI=1S/C16H12BrF3N4O2S2/c1-8-13(21-5-9-10(18)2-3-11(19)15(9)17)4-12(20)16(23-8)28(25,26)24-14-6-27-7-22-14/h2-4,6-7,21,24H,5H2,1H3. The fraction of sp³-hybridized carbons (Fsp3) is 0.125. The van der Waals surface area contributed by atoms with E-state index >= 15 is 0 Å². The lowest BCUT2D eigenvalue weighted by Crippen LogP contribution is -2.18. The van der Waals surface area contributed by atoms with Gasteiger partial charge in [-0.3, -0.25) is 4.72 Å². The molecule has 0 aliphatic heterocycles. The van der Waals surface area contributed by atoms with Crippen molar-refractivity contribution in [3.63, 3.8) is 0 Å². The monoisotopic (exact) mass is 492 g/mol. The molecule has 0 amide bonds. The molecule has 28 heavy (non-hydrogen) atoms. The van der Waals surface area contributed by atoms with E-state index in [1.54, 1.807) is 0 Å². The molecule has 6 nitrogen and oxygen atoms in total. The first-order chi connectivity index (χ1) is 13.2. The Balaban J connectivity index is 1.86. The number of aryl methyl sites for hydroxylation is 1. The van der Waals surface area contributed by atoms with Crippen molar-refractivity contribution < 1.29 is 21.6 Å². The van der Waals surface area contributed by atoms with Gasteiger partial charge in [-0.05, 0) is 35.0 Å². The highest BCUT2D eigenvalue weighted by molar-refractivity contribution is 9.10. The summed E-state index contributed by atoms with van der Waals surface area (Å²) in [4.78, 5) is 7.59. The molecule has 3 rings (SSSR count). The normalized spacial score (nSPS) is 11.5. The van der Waals surface area contributed by atoms with E-state index in [2.05, 4.69) is 35.9 Å². The summed E-state index contributed by atoms with van der Waals surface area (Å²) >= 11 is 4.14. The molecule has 2 aromatic heterocycles. The Morgan fingerprint density at radius 2 is 1.89 bits per heavy atom. The molecule has 2 heterocycles. The molecule has 0 unspecified atom stereocenters. The van der Waals surface area contributed by atoms with Crippen LogP contribution in [0.4, 0.5) is 24.7 Å². The second-order valence-electron chi connectivity index (χ2n) is 5.56. The zero-order valence-electron chi connectivity index (χ0n) is 14.1. The summed E-state index contributed by atoms with van der Waals surface area (Å²) in [5, 5.41) is 3.40. The molecular weight excluding hydrogens is 481 g/mol. The van der Waals surface area contributed by atoms with Crippen molar-refractivity contribution in [1.29, 1.82) is 0 Å². The summed E-state index contributed by atoms with van der Waals surface area (Å²) in [7, 11) is -4.28. The average Bonchev–Trinajstić information content (AvgIpc) is 3.13. The highest BCUT2D eigenvalue weighted by Crippen LogP contribution is 2.26. The van der Waals surface area contributed by atoms with Crippen molar-refractivity contribution in [2.45, 2.75) is 18.5 Å². The molecule has 148 valence electrons. The van der Waals surface area contributed by atoms with E-state index in [1.807, 2.05) is 0 Å². The molecule has 0 atom stereocenters. The van der Waals surface area contributed by atoms with Crippen molar-refractivity contribution >= 4 is 48.8 Å². The van der Waals surface area contributed by atoms with Crippen LogP contribution in [0, 0.1) is 24.4 Å². The average molecular weight is 493 g/mol. The smallest absolute Gasteiger partial charge is 0.283 e. The highest BCUT2D eigenvalue weighted by Gasteiger charge is 2.24. The predicted molar refractivity (Wildman–Crippen MR) is 103 cm³/mol. The molecule has 12 heteroatoms. The molecule has 0 aliphatic rings. The van der Waals surface area contributed by atoms with Gasteiger partial charge in [0.25, 0.3) is 10.0 Å². The number of pyridine rings is 1. The summed E-state index contributed by atoms with van der Waals surface area (Å²) in [5.74, 6) is -2.35. The molecule has 0 saturated heterocycles. The number of thiazole rings is 1. The minimum atomic E-state index is -4.28. The van der Waals surface area contributed by atoms with Crippen molar-refractivity contribution in [2.75, 3.05) is 10.0 Å². The Bertz CT molecular complexity index is 1130. The van der Waals surface area contributed by atoms with Crippen molar-refractivity contribution in [1.82, 2.24) is 9.97 Å². The molecule has 0 saturated carbocycles. The van der Waals surface area contributed by atoms with Gasteiger partial charge in [0.1, 0.15) is 11.6 Å². The molecule has 3 aromatic rings. The minimum absolute atomic E-state index is 0.00158. The number of sulfonamides is 1. The van der Waals surface area contributed by atoms with Gasteiger partial charge in [0.05, 0.1) is 21.4 Å². The van der Waals surface area contributed by atoms with Crippen LogP contribution in [0.3, 0.4) is 0 Å². The third-order valence-corrected chi connectivity index (χ3v) is 6.37. The summed E-state index contributed by atoms with van der Waals surface area (Å²) in [6, 6.07) is 2.88. The second kappa shape index (κ2) is 8.05. The van der Waals surface area contributed by atoms with E-state index in [4.69, 9.17) is 0 Å². The van der Waals surface area contributed by atoms with Crippen LogP contribution in [0.5, 0.6) is 0 Å². The van der Waals surface area contributed by atoms with Crippen LogP contribution in [0.2, 0.25) is 0 Å². The lowest BCUT2D eigenvalue weighted by atomic mass is 10.2. The number of rotatable bonds is 6. The molecule has 0 radical (unpaired) electrons. The topological polar surface area (TPSA) is 84.0 Å². The molecule has 2 N–H and O–H groups in total. The van der Waals surface area contributed by atoms with Crippen LogP contribution >= 0.6 is 27.3 Å². The van der Waals surface area contributed by atoms with Gasteiger partial charge in [-0.25, -0.2) is 23.1 Å². The van der Waals surface area contributed by atoms with Gasteiger partial charge in [-0.2, -0.15) is 8.42 Å². The highest BCUT2D eigenvalue weighted by atomic mass is 79.9. The quantitative estimate of drug-likeness (QED) is 0.497. The Labute approximate surface area is 171 Å². The van der Waals surface area contributed by atoms with Crippen LogP contribution in [-0.2, 0) is 16.6 Å². The van der Waals surface area contributed by atoms with E-state index in [9.17, 15) is 21.6 Å². The van der Waals surface area contributed by atoms with Crippen LogP contribution in [0.25, 0.3) is 0 Å². The van der Waals surface area contributed by atoms with Gasteiger partial charge in [-0.15, -0.1) is 11.3 Å². The van der Waals surface area contributed by atoms with Crippen LogP contribution in [0.1, 0.15) is 11.3 Å². The summed E-state index contributed by atoms with van der Waals surface area (Å²) in [6.07, 6.45) is 0. The molecule has 0 fully saturated rings. The van der Waals surface area contributed by atoms with Gasteiger partial charge in [-0.1, -0.05) is 0 Å². The maximum atomic E-state index is 14.4. The van der Waals surface area contributed by atoms with Gasteiger partial charge >= 0.3 is 0 Å². The Morgan fingerprint density at radius 3 is 2.57 bits per heavy atom. The molecule has 0 spiro atoms. The number of nitrogens with zero attached hydrogens (tertiary/aromatic N) is 2. The first-order valence-corrected chi connectivity index (χ1v) is 10.9. The summed E-state index contributed by atoms with van der Waals surface area (Å²) < 4.78 is 68.6. The fourth-order valence-corrected chi connectivity index (χ4v) is 4.37. The number of anilines is 2. The molecule has 0 aliphatic carbocycles. The first-order valence-electron chi connectivity index (χ1n) is 7.63. The fourth-order valence-electron chi connectivity index (χ4n) is 2.29. The lowest BCUT2D eigenvalue weighted by Gasteiger charge is -2.13. The molecule has 0 bridgehead atoms. The SMILES string of the molecule is Cc1nc(S(=O)(=O)Nc2cscn2)c(F)cc1NCc1c(F)ccc(F)c1Br. The van der Waals surface area contributed by atoms with E-state index in [0.717, 1.165) is 18.2 Å². The predicted octanol–water partition coefficient (Wildman–Crippen LogP) is 4.44. The van der Waals surface area contributed by atoms with Gasteiger partial charge in [0.15, 0.2) is 11.6 Å². The van der Waals surface area contributed by atoms with Crippen molar-refractivity contribution in [2.24, 2.45) is 0 Å².